The molecule has 0 unspecified atom stereocenters. The van der Waals surface area contributed by atoms with Crippen LogP contribution in [0.4, 0.5) is 0 Å². The van der Waals surface area contributed by atoms with Crippen molar-refractivity contribution in [1.82, 2.24) is 9.97 Å². The number of amides is 1. The highest BCUT2D eigenvalue weighted by Gasteiger charge is 2.10. The van der Waals surface area contributed by atoms with Crippen LogP contribution < -0.4 is 5.73 Å². The molecule has 0 aliphatic carbocycles. The quantitative estimate of drug-likeness (QED) is 0.725. The summed E-state index contributed by atoms with van der Waals surface area (Å²) in [4.78, 5) is 19.0. The molecule has 0 spiro atoms. The third-order valence-corrected chi connectivity index (χ3v) is 3.55. The molecular formula is C12H9N3OS. The molecule has 3 N–H and O–H groups in total. The molecule has 0 atom stereocenters. The molecule has 3 heterocycles. The smallest absolute Gasteiger partial charge is 0.258 e. The lowest BCUT2D eigenvalue weighted by Gasteiger charge is -1.93. The van der Waals surface area contributed by atoms with E-state index in [0.717, 1.165) is 22.2 Å². The number of nitrogens with one attached hydrogen (secondary N) is 1. The Kier molecular flexibility index (Phi) is 2.19. The van der Waals surface area contributed by atoms with Crippen molar-refractivity contribution in [2.24, 2.45) is 5.73 Å². The molecule has 0 fully saturated rings. The summed E-state index contributed by atoms with van der Waals surface area (Å²) in [6.07, 6.45) is 3.63. The van der Waals surface area contributed by atoms with Gasteiger partial charge in [-0.2, -0.15) is 0 Å². The summed E-state index contributed by atoms with van der Waals surface area (Å²) in [5.74, 6) is -0.390. The van der Waals surface area contributed by atoms with Gasteiger partial charge in [0.15, 0.2) is 0 Å². The van der Waals surface area contributed by atoms with Gasteiger partial charge in [-0.15, -0.1) is 11.3 Å². The van der Waals surface area contributed by atoms with Gasteiger partial charge in [0.05, 0.1) is 4.88 Å². The molecule has 0 saturated carbocycles. The number of rotatable bonds is 2. The summed E-state index contributed by atoms with van der Waals surface area (Å²) < 4.78 is 0. The first-order valence-electron chi connectivity index (χ1n) is 5.06. The van der Waals surface area contributed by atoms with Gasteiger partial charge in [-0.3, -0.25) is 4.79 Å². The largest absolute Gasteiger partial charge is 0.365 e. The Hall–Kier alpha value is -2.14. The molecule has 0 aliphatic rings. The Morgan fingerprint density at radius 1 is 1.47 bits per heavy atom. The number of nitrogens with two attached hydrogens (primary N) is 1. The Morgan fingerprint density at radius 3 is 3.12 bits per heavy atom. The minimum absolute atomic E-state index is 0.390. The van der Waals surface area contributed by atoms with Crippen molar-refractivity contribution in [2.75, 3.05) is 0 Å². The predicted molar refractivity (Wildman–Crippen MR) is 67.9 cm³/mol. The van der Waals surface area contributed by atoms with Gasteiger partial charge in [0.1, 0.15) is 5.65 Å². The molecule has 0 bridgehead atoms. The monoisotopic (exact) mass is 243 g/mol. The van der Waals surface area contributed by atoms with Gasteiger partial charge in [0.25, 0.3) is 5.91 Å². The number of hydrogen-bond donors (Lipinski definition) is 2. The van der Waals surface area contributed by atoms with E-state index in [4.69, 9.17) is 5.73 Å². The normalized spacial score (nSPS) is 10.8. The third kappa shape index (κ3) is 1.60. The van der Waals surface area contributed by atoms with Crippen molar-refractivity contribution in [2.45, 2.75) is 0 Å². The van der Waals surface area contributed by atoms with Gasteiger partial charge < -0.3 is 10.7 Å². The average Bonchev–Trinajstić information content (AvgIpc) is 2.95. The first-order valence-corrected chi connectivity index (χ1v) is 5.94. The van der Waals surface area contributed by atoms with E-state index >= 15 is 0 Å². The molecule has 5 heteroatoms. The molecule has 0 saturated heterocycles. The summed E-state index contributed by atoms with van der Waals surface area (Å²) in [5, 5.41) is 2.97. The number of aromatic amines is 1. The third-order valence-electron chi connectivity index (χ3n) is 2.60. The number of fused-ring (bicyclic) bond motifs is 1. The fraction of sp³-hybridized carbons (Fsp3) is 0. The topological polar surface area (TPSA) is 71.8 Å². The predicted octanol–water partition coefficient (Wildman–Crippen LogP) is 2.39. The molecule has 0 aliphatic heterocycles. The summed E-state index contributed by atoms with van der Waals surface area (Å²) in [6, 6.07) is 5.69. The van der Waals surface area contributed by atoms with Gasteiger partial charge in [0, 0.05) is 23.3 Å². The number of carbonyl (C=O) groups excluding carboxylic acids is 1. The van der Waals surface area contributed by atoms with Crippen LogP contribution in [0.25, 0.3) is 22.2 Å². The van der Waals surface area contributed by atoms with Gasteiger partial charge >= 0.3 is 0 Å². The van der Waals surface area contributed by atoms with Crippen LogP contribution in [0.1, 0.15) is 9.67 Å². The van der Waals surface area contributed by atoms with Crippen molar-refractivity contribution in [3.05, 3.63) is 40.8 Å². The van der Waals surface area contributed by atoms with Gasteiger partial charge in [0.2, 0.25) is 0 Å². The zero-order valence-electron chi connectivity index (χ0n) is 8.81. The maximum atomic E-state index is 11.1. The Morgan fingerprint density at radius 2 is 2.35 bits per heavy atom. The molecule has 3 aromatic rings. The van der Waals surface area contributed by atoms with Crippen molar-refractivity contribution in [1.29, 1.82) is 0 Å². The number of primary amides is 1. The molecule has 0 radical (unpaired) electrons. The summed E-state index contributed by atoms with van der Waals surface area (Å²) in [6.45, 7) is 0. The lowest BCUT2D eigenvalue weighted by atomic mass is 10.1. The molecule has 3 rings (SSSR count). The highest BCUT2D eigenvalue weighted by atomic mass is 32.1. The van der Waals surface area contributed by atoms with Crippen molar-refractivity contribution >= 4 is 28.3 Å². The lowest BCUT2D eigenvalue weighted by molar-refractivity contribution is 0.100. The van der Waals surface area contributed by atoms with Gasteiger partial charge in [-0.25, -0.2) is 4.98 Å². The number of aromatic nitrogens is 2. The number of H-pyrrole nitrogens is 1. The van der Waals surface area contributed by atoms with Crippen LogP contribution in [0.5, 0.6) is 0 Å². The van der Waals surface area contributed by atoms with E-state index < -0.39 is 0 Å². The van der Waals surface area contributed by atoms with E-state index in [0.29, 0.717) is 4.88 Å². The molecule has 1 amide bonds. The van der Waals surface area contributed by atoms with Crippen molar-refractivity contribution in [3.63, 3.8) is 0 Å². The summed E-state index contributed by atoms with van der Waals surface area (Å²) in [5.41, 5.74) is 8.11. The minimum atomic E-state index is -0.390. The molecule has 84 valence electrons. The van der Waals surface area contributed by atoms with Crippen LogP contribution in [-0.4, -0.2) is 15.9 Å². The molecule has 17 heavy (non-hydrogen) atoms. The number of thiophene rings is 1. The molecule has 3 aromatic heterocycles. The zero-order valence-corrected chi connectivity index (χ0v) is 9.62. The van der Waals surface area contributed by atoms with Crippen LogP contribution in [0.2, 0.25) is 0 Å². The van der Waals surface area contributed by atoms with E-state index in [2.05, 4.69) is 9.97 Å². The highest BCUT2D eigenvalue weighted by Crippen LogP contribution is 2.30. The second kappa shape index (κ2) is 3.71. The van der Waals surface area contributed by atoms with E-state index in [1.165, 1.54) is 11.3 Å². The summed E-state index contributed by atoms with van der Waals surface area (Å²) >= 11 is 1.36. The van der Waals surface area contributed by atoms with E-state index in [1.807, 2.05) is 29.8 Å². The number of hydrogen-bond acceptors (Lipinski definition) is 3. The standard InChI is InChI=1S/C12H9N3OS/c13-11(16)10-4-7(6-17-10)9-5-15-12-8(9)2-1-3-14-12/h1-6H,(H2,13,16)(H,14,15). The van der Waals surface area contributed by atoms with Crippen LogP contribution in [0.15, 0.2) is 36.0 Å². The Bertz CT molecular complexity index is 698. The fourth-order valence-electron chi connectivity index (χ4n) is 1.80. The first kappa shape index (κ1) is 10.0. The molecule has 4 nitrogen and oxygen atoms in total. The average molecular weight is 243 g/mol. The minimum Gasteiger partial charge on any atom is -0.365 e. The zero-order chi connectivity index (χ0) is 11.8. The number of carbonyl (C=O) groups is 1. The van der Waals surface area contributed by atoms with Crippen molar-refractivity contribution < 1.29 is 4.79 Å². The van der Waals surface area contributed by atoms with Crippen molar-refractivity contribution in [3.8, 4) is 11.1 Å². The second-order valence-corrected chi connectivity index (χ2v) is 4.58. The van der Waals surface area contributed by atoms with Gasteiger partial charge in [-0.1, -0.05) is 0 Å². The van der Waals surface area contributed by atoms with E-state index in [9.17, 15) is 4.79 Å². The Labute approximate surface area is 101 Å². The van der Waals surface area contributed by atoms with Crippen LogP contribution in [0, 0.1) is 0 Å². The van der Waals surface area contributed by atoms with Crippen LogP contribution in [-0.2, 0) is 0 Å². The number of pyridine rings is 1. The maximum Gasteiger partial charge on any atom is 0.258 e. The number of nitrogens with zero attached hydrogens (tertiary/aromatic N) is 1. The second-order valence-electron chi connectivity index (χ2n) is 3.67. The maximum absolute atomic E-state index is 11.1. The van der Waals surface area contributed by atoms with E-state index in [1.54, 1.807) is 6.20 Å². The molecular weight excluding hydrogens is 234 g/mol. The summed E-state index contributed by atoms with van der Waals surface area (Å²) in [7, 11) is 0. The highest BCUT2D eigenvalue weighted by molar-refractivity contribution is 7.12. The molecule has 0 aromatic carbocycles. The fourth-order valence-corrected chi connectivity index (χ4v) is 2.56. The van der Waals surface area contributed by atoms with Gasteiger partial charge in [-0.05, 0) is 29.1 Å². The Balaban J connectivity index is 2.17. The SMILES string of the molecule is NC(=O)c1cc(-c2c[nH]c3ncccc23)cs1. The lowest BCUT2D eigenvalue weighted by Crippen LogP contribution is -2.08. The van der Waals surface area contributed by atoms with Crippen LogP contribution in [0.3, 0.4) is 0 Å². The van der Waals surface area contributed by atoms with Crippen LogP contribution >= 0.6 is 11.3 Å². The van der Waals surface area contributed by atoms with E-state index in [-0.39, 0.29) is 5.91 Å². The first-order chi connectivity index (χ1) is 8.25.